The van der Waals surface area contributed by atoms with Gasteiger partial charge in [-0.2, -0.15) is 0 Å². The summed E-state index contributed by atoms with van der Waals surface area (Å²) in [5.41, 5.74) is 7.51. The zero-order chi connectivity index (χ0) is 13.0. The molecule has 4 heteroatoms. The van der Waals surface area contributed by atoms with Gasteiger partial charge in [-0.05, 0) is 32.3 Å². The Morgan fingerprint density at radius 2 is 1.94 bits per heavy atom. The molecule has 0 saturated heterocycles. The van der Waals surface area contributed by atoms with Gasteiger partial charge in [0.25, 0.3) is 0 Å². The van der Waals surface area contributed by atoms with Gasteiger partial charge in [0.05, 0.1) is 5.69 Å². The van der Waals surface area contributed by atoms with Crippen LogP contribution in [0.1, 0.15) is 38.6 Å². The molecule has 0 bridgehead atoms. The minimum absolute atomic E-state index is 0.433. The van der Waals surface area contributed by atoms with E-state index in [1.165, 1.54) is 0 Å². The Morgan fingerprint density at radius 1 is 1.29 bits per heavy atom. The molecule has 1 unspecified atom stereocenters. The normalized spacial score (nSPS) is 12.9. The van der Waals surface area contributed by atoms with Crippen LogP contribution in [0.25, 0.3) is 0 Å². The van der Waals surface area contributed by atoms with Gasteiger partial charge < -0.3 is 10.6 Å². The summed E-state index contributed by atoms with van der Waals surface area (Å²) >= 11 is 0. The van der Waals surface area contributed by atoms with E-state index >= 15 is 0 Å². The first-order valence-electron chi connectivity index (χ1n) is 6.21. The van der Waals surface area contributed by atoms with Crippen molar-refractivity contribution in [3.05, 3.63) is 17.5 Å². The fraction of sp³-hybridized carbons (Fsp3) is 0.692. The average Bonchev–Trinajstić information content (AvgIpc) is 2.26. The molecule has 0 aromatic carbocycles. The summed E-state index contributed by atoms with van der Waals surface area (Å²) in [5, 5.41) is 0. The maximum absolute atomic E-state index is 5.64. The van der Waals surface area contributed by atoms with Gasteiger partial charge in [-0.25, -0.2) is 9.97 Å². The Kier molecular flexibility index (Phi) is 4.87. The highest BCUT2D eigenvalue weighted by molar-refractivity contribution is 5.32. The molecule has 1 heterocycles. The van der Waals surface area contributed by atoms with Crippen molar-refractivity contribution < 1.29 is 0 Å². The van der Waals surface area contributed by atoms with Crippen LogP contribution in [0, 0.1) is 12.8 Å². The summed E-state index contributed by atoms with van der Waals surface area (Å²) in [6.07, 6.45) is 1.13. The second kappa shape index (κ2) is 5.96. The fourth-order valence-corrected chi connectivity index (χ4v) is 1.92. The predicted octanol–water partition coefficient (Wildman–Crippen LogP) is 2.11. The van der Waals surface area contributed by atoms with Crippen LogP contribution in [0.3, 0.4) is 0 Å². The maximum Gasteiger partial charge on any atom is 0.225 e. The molecule has 96 valence electrons. The Bertz CT molecular complexity index is 362. The lowest BCUT2D eigenvalue weighted by Crippen LogP contribution is -2.32. The average molecular weight is 236 g/mol. The Hall–Kier alpha value is -1.16. The summed E-state index contributed by atoms with van der Waals surface area (Å²) < 4.78 is 0. The molecule has 0 amide bonds. The van der Waals surface area contributed by atoms with Gasteiger partial charge in [0.15, 0.2) is 0 Å². The van der Waals surface area contributed by atoms with Crippen molar-refractivity contribution in [2.45, 2.75) is 46.7 Å². The van der Waals surface area contributed by atoms with Crippen LogP contribution in [0.4, 0.5) is 5.95 Å². The first-order valence-corrected chi connectivity index (χ1v) is 6.21. The van der Waals surface area contributed by atoms with Gasteiger partial charge in [-0.3, -0.25) is 0 Å². The minimum atomic E-state index is 0.433. The van der Waals surface area contributed by atoms with Gasteiger partial charge in [0.1, 0.15) is 0 Å². The van der Waals surface area contributed by atoms with Crippen molar-refractivity contribution in [2.75, 3.05) is 11.9 Å². The molecular weight excluding hydrogens is 212 g/mol. The largest absolute Gasteiger partial charge is 0.341 e. The van der Waals surface area contributed by atoms with E-state index in [2.05, 4.69) is 35.6 Å². The number of hydrogen-bond donors (Lipinski definition) is 1. The van der Waals surface area contributed by atoms with Gasteiger partial charge >= 0.3 is 0 Å². The van der Waals surface area contributed by atoms with Crippen LogP contribution in [0.2, 0.25) is 0 Å². The van der Waals surface area contributed by atoms with E-state index in [4.69, 9.17) is 5.73 Å². The molecule has 17 heavy (non-hydrogen) atoms. The van der Waals surface area contributed by atoms with Crippen LogP contribution < -0.4 is 10.6 Å². The standard InChI is InChI=1S/C13H24N4/c1-9(2)6-11(4)17(5)13-15-10(3)7-12(8-14)16-13/h7,9,11H,6,8,14H2,1-5H3. The molecule has 1 rings (SSSR count). The number of anilines is 1. The third-order valence-electron chi connectivity index (χ3n) is 2.89. The Labute approximate surface area is 104 Å². The van der Waals surface area contributed by atoms with Crippen LogP contribution in [0.5, 0.6) is 0 Å². The van der Waals surface area contributed by atoms with Gasteiger partial charge in [-0.1, -0.05) is 13.8 Å². The molecule has 0 saturated carbocycles. The second-order valence-electron chi connectivity index (χ2n) is 5.09. The molecule has 4 nitrogen and oxygen atoms in total. The quantitative estimate of drug-likeness (QED) is 0.850. The van der Waals surface area contributed by atoms with Crippen molar-refractivity contribution in [3.8, 4) is 0 Å². The Balaban J connectivity index is 2.87. The van der Waals surface area contributed by atoms with Crippen molar-refractivity contribution in [1.82, 2.24) is 9.97 Å². The SMILES string of the molecule is Cc1cc(CN)nc(N(C)C(C)CC(C)C)n1. The van der Waals surface area contributed by atoms with Crippen molar-refractivity contribution in [3.63, 3.8) is 0 Å². The molecule has 0 fully saturated rings. The smallest absolute Gasteiger partial charge is 0.225 e. The summed E-state index contributed by atoms with van der Waals surface area (Å²) in [7, 11) is 2.04. The molecule has 1 aromatic rings. The third-order valence-corrected chi connectivity index (χ3v) is 2.89. The monoisotopic (exact) mass is 236 g/mol. The number of aromatic nitrogens is 2. The summed E-state index contributed by atoms with van der Waals surface area (Å²) in [6, 6.07) is 2.37. The van der Waals surface area contributed by atoms with E-state index in [-0.39, 0.29) is 0 Å². The topological polar surface area (TPSA) is 55.0 Å². The van der Waals surface area contributed by atoms with Crippen molar-refractivity contribution in [1.29, 1.82) is 0 Å². The van der Waals surface area contributed by atoms with E-state index in [0.717, 1.165) is 23.8 Å². The zero-order valence-corrected chi connectivity index (χ0v) is 11.6. The predicted molar refractivity (Wildman–Crippen MR) is 72.0 cm³/mol. The van der Waals surface area contributed by atoms with Crippen LogP contribution in [-0.4, -0.2) is 23.1 Å². The number of aryl methyl sites for hydroxylation is 1. The molecule has 0 spiro atoms. The summed E-state index contributed by atoms with van der Waals surface area (Å²) in [6.45, 7) is 9.10. The van der Waals surface area contributed by atoms with Gasteiger partial charge in [0.2, 0.25) is 5.95 Å². The highest BCUT2D eigenvalue weighted by Crippen LogP contribution is 2.16. The molecule has 0 aliphatic carbocycles. The number of nitrogens with two attached hydrogens (primary N) is 1. The van der Waals surface area contributed by atoms with Gasteiger partial charge in [0, 0.05) is 25.3 Å². The number of nitrogens with zero attached hydrogens (tertiary/aromatic N) is 3. The van der Waals surface area contributed by atoms with E-state index in [0.29, 0.717) is 18.5 Å². The molecule has 1 aromatic heterocycles. The lowest BCUT2D eigenvalue weighted by Gasteiger charge is -2.26. The molecular formula is C13H24N4. The molecule has 0 radical (unpaired) electrons. The first kappa shape index (κ1) is 13.9. The fourth-order valence-electron chi connectivity index (χ4n) is 1.92. The number of hydrogen-bond acceptors (Lipinski definition) is 4. The molecule has 1 atom stereocenters. The summed E-state index contributed by atoms with van der Waals surface area (Å²) in [4.78, 5) is 11.1. The highest BCUT2D eigenvalue weighted by Gasteiger charge is 2.14. The van der Waals surface area contributed by atoms with Gasteiger partial charge in [-0.15, -0.1) is 0 Å². The van der Waals surface area contributed by atoms with Crippen molar-refractivity contribution in [2.24, 2.45) is 11.7 Å². The van der Waals surface area contributed by atoms with Crippen molar-refractivity contribution >= 4 is 5.95 Å². The third kappa shape index (κ3) is 3.97. The number of rotatable bonds is 5. The van der Waals surface area contributed by atoms with E-state index in [9.17, 15) is 0 Å². The van der Waals surface area contributed by atoms with Crippen LogP contribution in [0.15, 0.2) is 6.07 Å². The highest BCUT2D eigenvalue weighted by atomic mass is 15.2. The lowest BCUT2D eigenvalue weighted by molar-refractivity contribution is 0.499. The summed E-state index contributed by atoms with van der Waals surface area (Å²) in [5.74, 6) is 1.45. The first-order chi connectivity index (χ1) is 7.93. The Morgan fingerprint density at radius 3 is 2.47 bits per heavy atom. The lowest BCUT2D eigenvalue weighted by atomic mass is 10.0. The second-order valence-corrected chi connectivity index (χ2v) is 5.09. The van der Waals surface area contributed by atoms with Crippen LogP contribution in [-0.2, 0) is 6.54 Å². The van der Waals surface area contributed by atoms with E-state index in [1.54, 1.807) is 0 Å². The van der Waals surface area contributed by atoms with E-state index in [1.807, 2.05) is 20.0 Å². The molecule has 0 aliphatic rings. The van der Waals surface area contributed by atoms with Crippen LogP contribution >= 0.6 is 0 Å². The maximum atomic E-state index is 5.64. The van der Waals surface area contributed by atoms with E-state index < -0.39 is 0 Å². The zero-order valence-electron chi connectivity index (χ0n) is 11.6. The molecule has 0 aliphatic heterocycles. The minimum Gasteiger partial charge on any atom is -0.341 e. The molecule has 2 N–H and O–H groups in total.